The number of alkyl carbamates (subject to hydrolysis) is 1. The van der Waals surface area contributed by atoms with Crippen LogP contribution in [0.2, 0.25) is 0 Å². The van der Waals surface area contributed by atoms with E-state index in [4.69, 9.17) is 9.47 Å². The summed E-state index contributed by atoms with van der Waals surface area (Å²) >= 11 is 1.64. The molecule has 1 aliphatic rings. The Morgan fingerprint density at radius 1 is 1.18 bits per heavy atom. The first kappa shape index (κ1) is 27.6. The molecule has 0 aliphatic heterocycles. The average molecular weight is 536 g/mol. The third kappa shape index (κ3) is 8.05. The Morgan fingerprint density at radius 3 is 2.58 bits per heavy atom. The number of anilines is 1. The smallest absolute Gasteiger partial charge is 0.407 e. The van der Waals surface area contributed by atoms with Crippen molar-refractivity contribution in [2.45, 2.75) is 59.1 Å². The normalized spacial score (nSPS) is 13.2. The number of hydrogen-bond donors (Lipinski definition) is 1. The van der Waals surface area contributed by atoms with Crippen LogP contribution < -0.4 is 15.0 Å². The summed E-state index contributed by atoms with van der Waals surface area (Å²) < 4.78 is 11.4. The number of ether oxygens (including phenoxy) is 2. The van der Waals surface area contributed by atoms with E-state index in [2.05, 4.69) is 33.4 Å². The zero-order valence-electron chi connectivity index (χ0n) is 22.7. The first-order valence-corrected chi connectivity index (χ1v) is 14.0. The molecule has 0 spiro atoms. The Bertz CT molecular complexity index is 1230. The third-order valence-electron chi connectivity index (χ3n) is 6.29. The number of rotatable bonds is 12. The molecule has 1 aliphatic carbocycles. The number of thiazole rings is 1. The van der Waals surface area contributed by atoms with Crippen molar-refractivity contribution in [3.8, 4) is 16.2 Å². The summed E-state index contributed by atoms with van der Waals surface area (Å²) in [4.78, 5) is 31.3. The molecule has 1 saturated carbocycles. The van der Waals surface area contributed by atoms with Gasteiger partial charge in [0.15, 0.2) is 0 Å². The van der Waals surface area contributed by atoms with Crippen LogP contribution in [-0.2, 0) is 11.3 Å². The monoisotopic (exact) mass is 535 g/mol. The summed E-state index contributed by atoms with van der Waals surface area (Å²) in [5, 5.41) is 2.94. The highest BCUT2D eigenvalue weighted by Crippen LogP contribution is 2.36. The lowest BCUT2D eigenvalue weighted by atomic mass is 10.0. The molecule has 0 saturated heterocycles. The summed E-state index contributed by atoms with van der Waals surface area (Å²) in [6.45, 7) is 10.4. The molecule has 1 fully saturated rings. The minimum absolute atomic E-state index is 0.382. The number of benzene rings is 2. The lowest BCUT2D eigenvalue weighted by molar-refractivity contribution is 0.0523. The predicted octanol–water partition coefficient (Wildman–Crippen LogP) is 6.64. The molecule has 1 aromatic heterocycles. The average Bonchev–Trinajstić information content (AvgIpc) is 3.61. The molecule has 38 heavy (non-hydrogen) atoms. The molecule has 0 atom stereocenters. The van der Waals surface area contributed by atoms with Crippen molar-refractivity contribution < 1.29 is 19.1 Å². The van der Waals surface area contributed by atoms with E-state index in [0.717, 1.165) is 58.9 Å². The van der Waals surface area contributed by atoms with Gasteiger partial charge in [0.2, 0.25) is 0 Å². The van der Waals surface area contributed by atoms with Crippen molar-refractivity contribution in [3.63, 3.8) is 0 Å². The quantitative estimate of drug-likeness (QED) is 0.207. The molecule has 202 valence electrons. The number of carbonyl (C=O) groups excluding carboxylic acids is 2. The van der Waals surface area contributed by atoms with Crippen LogP contribution in [0.1, 0.15) is 61.6 Å². The molecule has 1 heterocycles. The van der Waals surface area contributed by atoms with Crippen LogP contribution in [0, 0.1) is 12.8 Å². The van der Waals surface area contributed by atoms with Gasteiger partial charge in [-0.1, -0.05) is 12.1 Å². The predicted molar refractivity (Wildman–Crippen MR) is 152 cm³/mol. The van der Waals surface area contributed by atoms with Crippen LogP contribution in [0.5, 0.6) is 5.75 Å². The van der Waals surface area contributed by atoms with Gasteiger partial charge in [0, 0.05) is 30.9 Å². The van der Waals surface area contributed by atoms with E-state index in [9.17, 15) is 9.59 Å². The first-order chi connectivity index (χ1) is 18.2. The van der Waals surface area contributed by atoms with Gasteiger partial charge in [-0.2, -0.15) is 0 Å². The summed E-state index contributed by atoms with van der Waals surface area (Å²) in [6, 6.07) is 13.6. The lowest BCUT2D eigenvalue weighted by Crippen LogP contribution is -2.33. The molecule has 1 N–H and O–H groups in total. The Kier molecular flexibility index (Phi) is 9.05. The Hall–Kier alpha value is -3.39. The van der Waals surface area contributed by atoms with Crippen molar-refractivity contribution in [1.29, 1.82) is 0 Å². The summed E-state index contributed by atoms with van der Waals surface area (Å²) in [5.74, 6) is 1.45. The fraction of sp³-hybridized carbons (Fsp3) is 0.433. The molecule has 0 radical (unpaired) electrons. The number of aldehydes is 1. The van der Waals surface area contributed by atoms with Crippen LogP contribution in [0.25, 0.3) is 10.4 Å². The van der Waals surface area contributed by atoms with Crippen molar-refractivity contribution in [2.24, 2.45) is 5.92 Å². The molecule has 2 aromatic carbocycles. The molecule has 4 rings (SSSR count). The second-order valence-corrected chi connectivity index (χ2v) is 11.6. The topological polar surface area (TPSA) is 80.8 Å². The van der Waals surface area contributed by atoms with Gasteiger partial charge < -0.3 is 19.7 Å². The van der Waals surface area contributed by atoms with Gasteiger partial charge in [0.1, 0.15) is 17.6 Å². The Balaban J connectivity index is 1.51. The van der Waals surface area contributed by atoms with Gasteiger partial charge in [-0.3, -0.25) is 4.79 Å². The molecular formula is C30H37N3O4S. The van der Waals surface area contributed by atoms with Crippen LogP contribution >= 0.6 is 11.3 Å². The van der Waals surface area contributed by atoms with Gasteiger partial charge in [0.05, 0.1) is 22.7 Å². The van der Waals surface area contributed by atoms with E-state index >= 15 is 0 Å². The standard InChI is InChI=1S/C30H37N3O4S/c1-21-28(38-20-32-21)24-10-11-25(17-31-29(35)37-30(2,3)4)27(16-24)33(18-22-6-7-22)14-5-15-36-26-12-8-23(19-34)9-13-26/h8-13,16,19-20,22H,5-7,14-15,17-18H2,1-4H3,(H,31,35). The summed E-state index contributed by atoms with van der Waals surface area (Å²) in [5.41, 5.74) is 6.28. The molecule has 8 heteroatoms. The zero-order valence-corrected chi connectivity index (χ0v) is 23.5. The fourth-order valence-corrected chi connectivity index (χ4v) is 5.02. The van der Waals surface area contributed by atoms with E-state index in [0.29, 0.717) is 24.6 Å². The van der Waals surface area contributed by atoms with Crippen molar-refractivity contribution in [3.05, 3.63) is 64.8 Å². The number of nitrogens with one attached hydrogen (secondary N) is 1. The second-order valence-electron chi connectivity index (χ2n) is 10.7. The number of hydrogen-bond acceptors (Lipinski definition) is 7. The third-order valence-corrected chi connectivity index (χ3v) is 7.27. The fourth-order valence-electron chi connectivity index (χ4n) is 4.22. The number of aromatic nitrogens is 1. The van der Waals surface area contributed by atoms with E-state index in [1.165, 1.54) is 12.8 Å². The van der Waals surface area contributed by atoms with Gasteiger partial charge in [-0.15, -0.1) is 11.3 Å². The van der Waals surface area contributed by atoms with Gasteiger partial charge in [0.25, 0.3) is 0 Å². The van der Waals surface area contributed by atoms with E-state index < -0.39 is 11.7 Å². The van der Waals surface area contributed by atoms with Gasteiger partial charge in [-0.05, 0) is 94.3 Å². The molecule has 1 amide bonds. The van der Waals surface area contributed by atoms with Crippen LogP contribution in [-0.4, -0.2) is 42.7 Å². The molecular weight excluding hydrogens is 498 g/mol. The van der Waals surface area contributed by atoms with Crippen molar-refractivity contribution in [2.75, 3.05) is 24.6 Å². The second kappa shape index (κ2) is 12.4. The maximum Gasteiger partial charge on any atom is 0.407 e. The maximum absolute atomic E-state index is 12.4. The number of nitrogens with zero attached hydrogens (tertiary/aromatic N) is 2. The summed E-state index contributed by atoms with van der Waals surface area (Å²) in [7, 11) is 0. The van der Waals surface area contributed by atoms with E-state index in [-0.39, 0.29) is 0 Å². The van der Waals surface area contributed by atoms with Crippen LogP contribution in [0.4, 0.5) is 10.5 Å². The molecule has 3 aromatic rings. The van der Waals surface area contributed by atoms with Crippen molar-refractivity contribution >= 4 is 29.4 Å². The van der Waals surface area contributed by atoms with E-state index in [1.807, 2.05) is 45.3 Å². The van der Waals surface area contributed by atoms with Crippen molar-refractivity contribution in [1.82, 2.24) is 10.3 Å². The number of carbonyl (C=O) groups is 2. The zero-order chi connectivity index (χ0) is 27.1. The Morgan fingerprint density at radius 2 is 1.95 bits per heavy atom. The highest BCUT2D eigenvalue weighted by atomic mass is 32.1. The lowest BCUT2D eigenvalue weighted by Gasteiger charge is -2.28. The Labute approximate surface area is 229 Å². The van der Waals surface area contributed by atoms with Gasteiger partial charge >= 0.3 is 6.09 Å². The van der Waals surface area contributed by atoms with Crippen LogP contribution in [0.3, 0.4) is 0 Å². The number of amides is 1. The van der Waals surface area contributed by atoms with Gasteiger partial charge in [-0.25, -0.2) is 9.78 Å². The van der Waals surface area contributed by atoms with Crippen LogP contribution in [0.15, 0.2) is 48.0 Å². The maximum atomic E-state index is 12.4. The van der Waals surface area contributed by atoms with E-state index in [1.54, 1.807) is 23.5 Å². The first-order valence-electron chi connectivity index (χ1n) is 13.1. The number of aryl methyl sites for hydroxylation is 1. The SMILES string of the molecule is Cc1ncsc1-c1ccc(CNC(=O)OC(C)(C)C)c(N(CCCOc2ccc(C=O)cc2)CC2CC2)c1. The summed E-state index contributed by atoms with van der Waals surface area (Å²) in [6.07, 6.45) is 3.74. The molecule has 0 unspecified atom stereocenters. The largest absolute Gasteiger partial charge is 0.494 e. The molecule has 7 nitrogen and oxygen atoms in total. The minimum atomic E-state index is -0.550. The minimum Gasteiger partial charge on any atom is -0.494 e. The highest BCUT2D eigenvalue weighted by molar-refractivity contribution is 7.13. The highest BCUT2D eigenvalue weighted by Gasteiger charge is 2.26. The molecule has 0 bridgehead atoms.